The third-order valence-electron chi connectivity index (χ3n) is 4.61. The zero-order valence-corrected chi connectivity index (χ0v) is 15.0. The standard InChI is InChI=1S/C18H31N3OS/c19-12-7-2-1-6-10-17(22)20-13-11-18-21-16(14-23-18)15-8-4-3-5-9-15/h14-15H,1-13,19H2,(H,20,22). The van der Waals surface area contributed by atoms with Crippen molar-refractivity contribution >= 4 is 17.2 Å². The number of thiazole rings is 1. The fourth-order valence-corrected chi connectivity index (χ4v) is 4.09. The van der Waals surface area contributed by atoms with Crippen LogP contribution in [0.3, 0.4) is 0 Å². The van der Waals surface area contributed by atoms with Gasteiger partial charge in [0.1, 0.15) is 0 Å². The highest BCUT2D eigenvalue weighted by atomic mass is 32.1. The molecule has 4 nitrogen and oxygen atoms in total. The van der Waals surface area contributed by atoms with Gasteiger partial charge in [-0.15, -0.1) is 11.3 Å². The molecule has 0 radical (unpaired) electrons. The molecule has 5 heteroatoms. The van der Waals surface area contributed by atoms with Crippen molar-refractivity contribution in [2.24, 2.45) is 5.73 Å². The molecule has 1 fully saturated rings. The van der Waals surface area contributed by atoms with Crippen LogP contribution in [0.15, 0.2) is 5.38 Å². The van der Waals surface area contributed by atoms with Crippen LogP contribution in [0.1, 0.15) is 80.8 Å². The van der Waals surface area contributed by atoms with Gasteiger partial charge in [0.05, 0.1) is 10.7 Å². The van der Waals surface area contributed by atoms with Crippen molar-refractivity contribution in [3.8, 4) is 0 Å². The van der Waals surface area contributed by atoms with Gasteiger partial charge in [-0.2, -0.15) is 0 Å². The SMILES string of the molecule is NCCCCCCC(=O)NCCc1nc(C2CCCCC2)cs1. The van der Waals surface area contributed by atoms with Crippen LogP contribution in [-0.2, 0) is 11.2 Å². The molecule has 0 unspecified atom stereocenters. The average molecular weight is 338 g/mol. The lowest BCUT2D eigenvalue weighted by Crippen LogP contribution is -2.25. The van der Waals surface area contributed by atoms with Crippen molar-refractivity contribution in [2.45, 2.75) is 76.5 Å². The second-order valence-corrected chi connectivity index (χ2v) is 7.50. The molecule has 0 atom stereocenters. The summed E-state index contributed by atoms with van der Waals surface area (Å²) in [7, 11) is 0. The van der Waals surface area contributed by atoms with Crippen LogP contribution in [0.5, 0.6) is 0 Å². The Kier molecular flexibility index (Phi) is 8.61. The average Bonchev–Trinajstić information content (AvgIpc) is 3.04. The normalized spacial score (nSPS) is 15.7. The quantitative estimate of drug-likeness (QED) is 0.639. The Labute approximate surface area is 144 Å². The van der Waals surface area contributed by atoms with Gasteiger partial charge in [-0.25, -0.2) is 4.98 Å². The van der Waals surface area contributed by atoms with Crippen LogP contribution >= 0.6 is 11.3 Å². The van der Waals surface area contributed by atoms with Gasteiger partial charge in [-0.3, -0.25) is 4.79 Å². The van der Waals surface area contributed by atoms with Crippen molar-refractivity contribution in [3.05, 3.63) is 16.1 Å². The Morgan fingerprint density at radius 3 is 2.78 bits per heavy atom. The van der Waals surface area contributed by atoms with Crippen LogP contribution in [0.25, 0.3) is 0 Å². The molecule has 1 aliphatic rings. The molecule has 0 aliphatic heterocycles. The minimum absolute atomic E-state index is 0.168. The van der Waals surface area contributed by atoms with E-state index in [1.807, 2.05) is 0 Å². The summed E-state index contributed by atoms with van der Waals surface area (Å²) in [4.78, 5) is 16.5. The van der Waals surface area contributed by atoms with Crippen molar-refractivity contribution in [1.29, 1.82) is 0 Å². The molecule has 0 aromatic carbocycles. The highest BCUT2D eigenvalue weighted by Crippen LogP contribution is 2.33. The van der Waals surface area contributed by atoms with Crippen LogP contribution in [-0.4, -0.2) is 24.0 Å². The molecule has 1 aromatic rings. The lowest BCUT2D eigenvalue weighted by Gasteiger charge is -2.19. The second-order valence-electron chi connectivity index (χ2n) is 6.55. The van der Waals surface area contributed by atoms with Crippen LogP contribution in [0.4, 0.5) is 0 Å². The first kappa shape index (κ1) is 18.4. The number of hydrogen-bond donors (Lipinski definition) is 2. The monoisotopic (exact) mass is 337 g/mol. The number of aromatic nitrogens is 1. The Balaban J connectivity index is 1.58. The summed E-state index contributed by atoms with van der Waals surface area (Å²) in [6.07, 6.45) is 12.4. The minimum atomic E-state index is 0.168. The Hall–Kier alpha value is -0.940. The second kappa shape index (κ2) is 10.8. The summed E-state index contributed by atoms with van der Waals surface area (Å²) in [5.41, 5.74) is 6.74. The summed E-state index contributed by atoms with van der Waals surface area (Å²) in [6.45, 7) is 1.46. The van der Waals surface area contributed by atoms with E-state index in [0.717, 1.165) is 43.7 Å². The van der Waals surface area contributed by atoms with Crippen LogP contribution in [0, 0.1) is 0 Å². The van der Waals surface area contributed by atoms with Crippen LogP contribution < -0.4 is 11.1 Å². The van der Waals surface area contributed by atoms with E-state index in [0.29, 0.717) is 18.9 Å². The molecule has 1 aliphatic carbocycles. The molecule has 130 valence electrons. The predicted octanol–water partition coefficient (Wildman–Crippen LogP) is 3.76. The van der Waals surface area contributed by atoms with E-state index in [1.54, 1.807) is 11.3 Å². The molecule has 1 saturated carbocycles. The van der Waals surface area contributed by atoms with Gasteiger partial charge < -0.3 is 11.1 Å². The lowest BCUT2D eigenvalue weighted by molar-refractivity contribution is -0.121. The van der Waals surface area contributed by atoms with Gasteiger partial charge in [-0.05, 0) is 32.2 Å². The molecule has 0 spiro atoms. The summed E-state index contributed by atoms with van der Waals surface area (Å²) in [6, 6.07) is 0. The van der Waals surface area contributed by atoms with E-state index in [9.17, 15) is 4.79 Å². The van der Waals surface area contributed by atoms with E-state index >= 15 is 0 Å². The number of hydrogen-bond acceptors (Lipinski definition) is 4. The van der Waals surface area contributed by atoms with Crippen molar-refractivity contribution < 1.29 is 4.79 Å². The van der Waals surface area contributed by atoms with Gasteiger partial charge in [0.15, 0.2) is 0 Å². The predicted molar refractivity (Wildman–Crippen MR) is 96.8 cm³/mol. The van der Waals surface area contributed by atoms with Gasteiger partial charge in [-0.1, -0.05) is 32.1 Å². The maximum absolute atomic E-state index is 11.8. The number of rotatable bonds is 10. The molecular weight excluding hydrogens is 306 g/mol. The lowest BCUT2D eigenvalue weighted by atomic mass is 9.87. The Morgan fingerprint density at radius 1 is 1.22 bits per heavy atom. The summed E-state index contributed by atoms with van der Waals surface area (Å²) < 4.78 is 0. The molecule has 1 aromatic heterocycles. The zero-order valence-electron chi connectivity index (χ0n) is 14.2. The Morgan fingerprint density at radius 2 is 2.00 bits per heavy atom. The molecule has 1 amide bonds. The number of carbonyl (C=O) groups excluding carboxylic acids is 1. The van der Waals surface area contributed by atoms with Crippen molar-refractivity contribution in [2.75, 3.05) is 13.1 Å². The first-order valence-corrected chi connectivity index (χ1v) is 10.1. The van der Waals surface area contributed by atoms with Crippen LogP contribution in [0.2, 0.25) is 0 Å². The topological polar surface area (TPSA) is 68.0 Å². The molecule has 3 N–H and O–H groups in total. The Bertz CT molecular complexity index is 455. The van der Waals surface area contributed by atoms with Gasteiger partial charge in [0.2, 0.25) is 5.91 Å². The van der Waals surface area contributed by atoms with Crippen molar-refractivity contribution in [3.63, 3.8) is 0 Å². The first-order chi connectivity index (χ1) is 11.3. The van der Waals surface area contributed by atoms with Gasteiger partial charge in [0.25, 0.3) is 0 Å². The van der Waals surface area contributed by atoms with E-state index in [1.165, 1.54) is 37.8 Å². The zero-order chi connectivity index (χ0) is 16.3. The number of nitrogens with zero attached hydrogens (tertiary/aromatic N) is 1. The highest BCUT2D eigenvalue weighted by Gasteiger charge is 2.18. The molecular formula is C18H31N3OS. The molecule has 0 saturated heterocycles. The smallest absolute Gasteiger partial charge is 0.220 e. The van der Waals surface area contributed by atoms with E-state index in [4.69, 9.17) is 10.7 Å². The molecule has 0 bridgehead atoms. The number of nitrogens with two attached hydrogens (primary N) is 1. The molecule has 1 heterocycles. The van der Waals surface area contributed by atoms with Crippen molar-refractivity contribution in [1.82, 2.24) is 10.3 Å². The van der Waals surface area contributed by atoms with Gasteiger partial charge in [0, 0.05) is 30.7 Å². The number of amides is 1. The minimum Gasteiger partial charge on any atom is -0.356 e. The fourth-order valence-electron chi connectivity index (χ4n) is 3.21. The van der Waals surface area contributed by atoms with E-state index < -0.39 is 0 Å². The molecule has 2 rings (SSSR count). The summed E-state index contributed by atoms with van der Waals surface area (Å²) in [5.74, 6) is 0.846. The summed E-state index contributed by atoms with van der Waals surface area (Å²) in [5, 5.41) is 6.40. The highest BCUT2D eigenvalue weighted by molar-refractivity contribution is 7.09. The fraction of sp³-hybridized carbons (Fsp3) is 0.778. The first-order valence-electron chi connectivity index (χ1n) is 9.20. The third kappa shape index (κ3) is 7.00. The van der Waals surface area contributed by atoms with E-state index in [-0.39, 0.29) is 5.91 Å². The number of nitrogens with one attached hydrogen (secondary N) is 1. The number of unbranched alkanes of at least 4 members (excludes halogenated alkanes) is 3. The third-order valence-corrected chi connectivity index (χ3v) is 5.54. The maximum Gasteiger partial charge on any atom is 0.220 e. The number of carbonyl (C=O) groups is 1. The largest absolute Gasteiger partial charge is 0.356 e. The molecule has 23 heavy (non-hydrogen) atoms. The van der Waals surface area contributed by atoms with E-state index in [2.05, 4.69) is 10.7 Å². The maximum atomic E-state index is 11.8. The van der Waals surface area contributed by atoms with Gasteiger partial charge >= 0.3 is 0 Å². The summed E-state index contributed by atoms with van der Waals surface area (Å²) >= 11 is 1.75.